The second-order valence-corrected chi connectivity index (χ2v) is 10.8. The predicted molar refractivity (Wildman–Crippen MR) is 124 cm³/mol. The van der Waals surface area contributed by atoms with Gasteiger partial charge in [-0.1, -0.05) is 6.07 Å². The van der Waals surface area contributed by atoms with E-state index in [9.17, 15) is 13.2 Å². The van der Waals surface area contributed by atoms with Crippen molar-refractivity contribution in [1.29, 1.82) is 0 Å². The summed E-state index contributed by atoms with van der Waals surface area (Å²) in [6.07, 6.45) is 3.46. The zero-order chi connectivity index (χ0) is 22.4. The number of hydrogen-bond acceptors (Lipinski definition) is 5. The van der Waals surface area contributed by atoms with Gasteiger partial charge in [0.05, 0.1) is 4.90 Å². The number of aryl methyl sites for hydroxylation is 3. The lowest BCUT2D eigenvalue weighted by molar-refractivity contribution is -0.131. The number of piperazine rings is 1. The van der Waals surface area contributed by atoms with Crippen LogP contribution in [0.3, 0.4) is 0 Å². The van der Waals surface area contributed by atoms with Gasteiger partial charge in [0.2, 0.25) is 15.9 Å². The minimum atomic E-state index is -3.66. The second kappa shape index (κ2) is 10.9. The lowest BCUT2D eigenvalue weighted by Gasteiger charge is -2.29. The molecule has 0 bridgehead atoms. The van der Waals surface area contributed by atoms with Crippen molar-refractivity contribution in [3.63, 3.8) is 0 Å². The predicted octanol–water partition coefficient (Wildman–Crippen LogP) is 1.91. The first-order valence-corrected chi connectivity index (χ1v) is 13.0. The summed E-state index contributed by atoms with van der Waals surface area (Å²) in [4.78, 5) is 17.3. The van der Waals surface area contributed by atoms with Gasteiger partial charge in [-0.3, -0.25) is 4.79 Å². The highest BCUT2D eigenvalue weighted by Gasteiger charge is 2.28. The molecule has 1 N–H and O–H groups in total. The Morgan fingerprint density at radius 2 is 1.61 bits per heavy atom. The van der Waals surface area contributed by atoms with Crippen LogP contribution in [0.25, 0.3) is 0 Å². The van der Waals surface area contributed by atoms with Crippen molar-refractivity contribution in [2.24, 2.45) is 0 Å². The summed E-state index contributed by atoms with van der Waals surface area (Å²) in [5.41, 5.74) is 2.82. The fourth-order valence-corrected chi connectivity index (χ4v) is 6.24. The Bertz CT molecular complexity index is 860. The number of nitrogens with zero attached hydrogens (tertiary/aromatic N) is 3. The number of sulfonamides is 1. The maximum absolute atomic E-state index is 13.6. The minimum Gasteiger partial charge on any atom is -0.340 e. The third-order valence-electron chi connectivity index (χ3n) is 6.53. The van der Waals surface area contributed by atoms with Gasteiger partial charge >= 0.3 is 0 Å². The van der Waals surface area contributed by atoms with Crippen LogP contribution in [-0.4, -0.2) is 87.3 Å². The lowest BCUT2D eigenvalue weighted by atomic mass is 10.1. The topological polar surface area (TPSA) is 73.0 Å². The van der Waals surface area contributed by atoms with E-state index in [1.165, 1.54) is 12.8 Å². The monoisotopic (exact) mass is 450 g/mol. The van der Waals surface area contributed by atoms with Gasteiger partial charge in [-0.25, -0.2) is 8.42 Å². The van der Waals surface area contributed by atoms with Crippen LogP contribution < -0.4 is 5.32 Å². The second-order valence-electron chi connectivity index (χ2n) is 8.89. The Labute approximate surface area is 187 Å². The molecule has 1 amide bonds. The van der Waals surface area contributed by atoms with Crippen molar-refractivity contribution >= 4 is 15.9 Å². The number of rotatable bonds is 9. The molecule has 0 aliphatic carbocycles. The quantitative estimate of drug-likeness (QED) is 0.622. The molecule has 0 unspecified atom stereocenters. The molecule has 2 aliphatic rings. The van der Waals surface area contributed by atoms with E-state index in [1.807, 2.05) is 31.7 Å². The van der Waals surface area contributed by atoms with Crippen molar-refractivity contribution in [2.75, 3.05) is 58.9 Å². The molecule has 31 heavy (non-hydrogen) atoms. The first-order valence-electron chi connectivity index (χ1n) is 11.6. The number of hydrogen-bond donors (Lipinski definition) is 1. The van der Waals surface area contributed by atoms with Crippen molar-refractivity contribution in [3.8, 4) is 0 Å². The van der Waals surface area contributed by atoms with Gasteiger partial charge in [0.15, 0.2) is 0 Å². The van der Waals surface area contributed by atoms with Crippen molar-refractivity contribution < 1.29 is 13.2 Å². The number of carbonyl (C=O) groups excluding carboxylic acids is 1. The molecule has 2 saturated heterocycles. The zero-order valence-electron chi connectivity index (χ0n) is 19.3. The molecule has 8 heteroatoms. The first-order chi connectivity index (χ1) is 14.8. The van der Waals surface area contributed by atoms with Crippen molar-refractivity contribution in [3.05, 3.63) is 28.8 Å². The van der Waals surface area contributed by atoms with Crippen LogP contribution in [0.1, 0.15) is 42.4 Å². The standard InChI is InChI=1S/C23H38N4O3S/c1-19-17-21(3)22(18-20(19)2)31(29,30)27(13-6-12-25-10-4-5-11-25)14-7-23(28)26-15-8-24-9-16-26/h17-18,24H,4-16H2,1-3H3. The molecule has 1 aromatic rings. The molecular formula is C23H38N4O3S. The summed E-state index contributed by atoms with van der Waals surface area (Å²) in [5.74, 6) is 0.0399. The molecular weight excluding hydrogens is 412 g/mol. The van der Waals surface area contributed by atoms with E-state index in [0.29, 0.717) is 24.5 Å². The Balaban J connectivity index is 1.73. The summed E-state index contributed by atoms with van der Waals surface area (Å²) in [6.45, 7) is 12.6. The smallest absolute Gasteiger partial charge is 0.243 e. The third kappa shape index (κ3) is 6.28. The average Bonchev–Trinajstić information content (AvgIpc) is 3.26. The molecule has 2 heterocycles. The molecule has 0 aromatic heterocycles. The van der Waals surface area contributed by atoms with Gasteiger partial charge in [-0.05, 0) is 82.4 Å². The van der Waals surface area contributed by atoms with E-state index in [1.54, 1.807) is 10.4 Å². The third-order valence-corrected chi connectivity index (χ3v) is 8.58. The summed E-state index contributed by atoms with van der Waals surface area (Å²) >= 11 is 0. The van der Waals surface area contributed by atoms with Crippen LogP contribution in [0.15, 0.2) is 17.0 Å². The van der Waals surface area contributed by atoms with E-state index in [2.05, 4.69) is 10.2 Å². The Morgan fingerprint density at radius 1 is 0.968 bits per heavy atom. The van der Waals surface area contributed by atoms with Gasteiger partial charge in [0.1, 0.15) is 0 Å². The molecule has 0 spiro atoms. The van der Waals surface area contributed by atoms with E-state index >= 15 is 0 Å². The molecule has 0 atom stereocenters. The van der Waals surface area contributed by atoms with Crippen molar-refractivity contribution in [2.45, 2.75) is 51.3 Å². The molecule has 0 saturated carbocycles. The van der Waals surface area contributed by atoms with Crippen LogP contribution in [-0.2, 0) is 14.8 Å². The SMILES string of the molecule is Cc1cc(C)c(S(=O)(=O)N(CCCN2CCCC2)CCC(=O)N2CCNCC2)cc1C. The maximum Gasteiger partial charge on any atom is 0.243 e. The van der Waals surface area contributed by atoms with Crippen molar-refractivity contribution in [1.82, 2.24) is 19.4 Å². The fraction of sp³-hybridized carbons (Fsp3) is 0.696. The summed E-state index contributed by atoms with van der Waals surface area (Å²) < 4.78 is 28.8. The Kier molecular flexibility index (Phi) is 8.50. The highest BCUT2D eigenvalue weighted by molar-refractivity contribution is 7.89. The van der Waals surface area contributed by atoms with E-state index in [0.717, 1.165) is 55.8 Å². The van der Waals surface area contributed by atoms with Gasteiger partial charge in [-0.2, -0.15) is 4.31 Å². The average molecular weight is 451 g/mol. The zero-order valence-corrected chi connectivity index (χ0v) is 20.1. The molecule has 2 aliphatic heterocycles. The number of amides is 1. The van der Waals surface area contributed by atoms with Crippen LogP contribution >= 0.6 is 0 Å². The highest BCUT2D eigenvalue weighted by atomic mass is 32.2. The van der Waals surface area contributed by atoms with Gasteiger partial charge in [-0.15, -0.1) is 0 Å². The molecule has 174 valence electrons. The largest absolute Gasteiger partial charge is 0.340 e. The maximum atomic E-state index is 13.6. The van der Waals surface area contributed by atoms with Gasteiger partial charge in [0, 0.05) is 45.7 Å². The Hall–Kier alpha value is -1.48. The fourth-order valence-electron chi connectivity index (χ4n) is 4.47. The first kappa shape index (κ1) is 24.2. The molecule has 2 fully saturated rings. The van der Waals surface area contributed by atoms with Gasteiger partial charge in [0.25, 0.3) is 0 Å². The summed E-state index contributed by atoms with van der Waals surface area (Å²) in [6, 6.07) is 3.72. The molecule has 1 aromatic carbocycles. The molecule has 7 nitrogen and oxygen atoms in total. The number of carbonyl (C=O) groups is 1. The van der Waals surface area contributed by atoms with E-state index in [4.69, 9.17) is 0 Å². The number of nitrogens with one attached hydrogen (secondary N) is 1. The van der Waals surface area contributed by atoms with Crippen LogP contribution in [0.5, 0.6) is 0 Å². The normalized spacial score (nSPS) is 18.1. The number of likely N-dealkylation sites (tertiary alicyclic amines) is 1. The summed E-state index contributed by atoms with van der Waals surface area (Å²) in [7, 11) is -3.66. The summed E-state index contributed by atoms with van der Waals surface area (Å²) in [5, 5.41) is 3.25. The number of benzene rings is 1. The molecule has 0 radical (unpaired) electrons. The molecule has 3 rings (SSSR count). The van der Waals surface area contributed by atoms with Crippen LogP contribution in [0, 0.1) is 20.8 Å². The van der Waals surface area contributed by atoms with E-state index in [-0.39, 0.29) is 18.9 Å². The van der Waals surface area contributed by atoms with Crippen LogP contribution in [0.2, 0.25) is 0 Å². The lowest BCUT2D eigenvalue weighted by Crippen LogP contribution is -2.47. The highest BCUT2D eigenvalue weighted by Crippen LogP contribution is 2.24. The minimum absolute atomic E-state index is 0.0399. The Morgan fingerprint density at radius 3 is 2.29 bits per heavy atom. The van der Waals surface area contributed by atoms with Crippen LogP contribution in [0.4, 0.5) is 0 Å². The van der Waals surface area contributed by atoms with E-state index < -0.39 is 10.0 Å². The van der Waals surface area contributed by atoms with Gasteiger partial charge < -0.3 is 15.1 Å².